The van der Waals surface area contributed by atoms with Gasteiger partial charge in [0.2, 0.25) is 0 Å². The minimum Gasteiger partial charge on any atom is -0.397 e. The van der Waals surface area contributed by atoms with Crippen LogP contribution in [0.4, 0.5) is 0 Å². The topological polar surface area (TPSA) is 33.1 Å². The third-order valence-electron chi connectivity index (χ3n) is 0.347. The average Bonchev–Trinajstić information content (AvgIpc) is 2.17. The monoisotopic (exact) mass is 131 g/mol. The minimum atomic E-state index is 0.250. The molecule has 0 saturated heterocycles. The van der Waals surface area contributed by atoms with E-state index in [-0.39, 0.29) is 6.61 Å². The van der Waals surface area contributed by atoms with Crippen LogP contribution in [0.25, 0.3) is 0 Å². The minimum absolute atomic E-state index is 0.250. The maximum absolute atomic E-state index is 7.57. The van der Waals surface area contributed by atoms with E-state index >= 15 is 0 Å². The summed E-state index contributed by atoms with van der Waals surface area (Å²) in [6.45, 7) is 1.93. The molecule has 1 rings (SSSR count). The van der Waals surface area contributed by atoms with Gasteiger partial charge in [0, 0.05) is 18.2 Å². The lowest BCUT2D eigenvalue weighted by atomic mass is 10.9. The fourth-order valence-electron chi connectivity index (χ4n) is 0.176. The molecule has 2 nitrogen and oxygen atoms in total. The first-order valence-electron chi connectivity index (χ1n) is 2.34. The number of rotatable bonds is 0. The second-order valence-electron chi connectivity index (χ2n) is 0.992. The zero-order valence-electron chi connectivity index (χ0n) is 4.74. The molecule has 0 amide bonds. The van der Waals surface area contributed by atoms with Crippen LogP contribution >= 0.6 is 11.3 Å². The van der Waals surface area contributed by atoms with E-state index < -0.39 is 0 Å². The molecule has 1 heterocycles. The Bertz CT molecular complexity index is 79.3. The van der Waals surface area contributed by atoms with Crippen LogP contribution in [0.2, 0.25) is 0 Å². The van der Waals surface area contributed by atoms with Crippen LogP contribution in [0.15, 0.2) is 17.1 Å². The van der Waals surface area contributed by atoms with Crippen LogP contribution < -0.4 is 0 Å². The van der Waals surface area contributed by atoms with E-state index in [1.165, 1.54) is 0 Å². The average molecular weight is 131 g/mol. The Kier molecular flexibility index (Phi) is 6.25. The highest BCUT2D eigenvalue weighted by atomic mass is 32.1. The number of thiazole rings is 1. The van der Waals surface area contributed by atoms with Crippen molar-refractivity contribution in [2.24, 2.45) is 0 Å². The lowest BCUT2D eigenvalue weighted by Gasteiger charge is -1.52. The molecule has 0 fully saturated rings. The molecule has 1 N–H and O–H groups in total. The van der Waals surface area contributed by atoms with Crippen molar-refractivity contribution in [2.75, 3.05) is 6.61 Å². The van der Waals surface area contributed by atoms with Gasteiger partial charge in [0.05, 0.1) is 5.51 Å². The summed E-state index contributed by atoms with van der Waals surface area (Å²) in [5.41, 5.74) is 1.79. The molecule has 46 valence electrons. The zero-order chi connectivity index (χ0) is 6.24. The number of aromatic nitrogens is 1. The standard InChI is InChI=1S/C3H3NS.C2H6O/c1-2-5-3-4-1;1-2-3/h1-3H;3H,2H2,1H3. The predicted molar refractivity (Wildman–Crippen MR) is 34.9 cm³/mol. The number of aliphatic hydroxyl groups is 1. The quantitative estimate of drug-likeness (QED) is 0.572. The van der Waals surface area contributed by atoms with Gasteiger partial charge in [-0.15, -0.1) is 11.3 Å². The van der Waals surface area contributed by atoms with E-state index in [1.54, 1.807) is 30.0 Å². The summed E-state index contributed by atoms with van der Waals surface area (Å²) in [5, 5.41) is 9.50. The van der Waals surface area contributed by atoms with E-state index in [1.807, 2.05) is 5.38 Å². The summed E-state index contributed by atoms with van der Waals surface area (Å²) in [6, 6.07) is 0. The van der Waals surface area contributed by atoms with Crippen LogP contribution in [0.5, 0.6) is 0 Å². The Balaban J connectivity index is 0.000000145. The Labute approximate surface area is 52.8 Å². The van der Waals surface area contributed by atoms with Gasteiger partial charge in [-0.2, -0.15) is 0 Å². The number of aliphatic hydroxyl groups excluding tert-OH is 1. The smallest absolute Gasteiger partial charge is 0.0791 e. The van der Waals surface area contributed by atoms with Crippen molar-refractivity contribution in [3.63, 3.8) is 0 Å². The van der Waals surface area contributed by atoms with Crippen molar-refractivity contribution >= 4 is 11.3 Å². The highest BCUT2D eigenvalue weighted by Gasteiger charge is 1.59. The van der Waals surface area contributed by atoms with Crippen LogP contribution in [0.3, 0.4) is 0 Å². The summed E-state index contributed by atoms with van der Waals surface area (Å²) < 4.78 is 0. The molecule has 0 spiro atoms. The van der Waals surface area contributed by atoms with Crippen molar-refractivity contribution in [1.29, 1.82) is 0 Å². The van der Waals surface area contributed by atoms with Crippen molar-refractivity contribution in [3.05, 3.63) is 17.1 Å². The molecule has 0 saturated carbocycles. The Morgan fingerprint density at radius 2 is 2.38 bits per heavy atom. The molecule has 0 unspecified atom stereocenters. The lowest BCUT2D eigenvalue weighted by Crippen LogP contribution is -1.57. The van der Waals surface area contributed by atoms with Crippen molar-refractivity contribution < 1.29 is 5.11 Å². The van der Waals surface area contributed by atoms with E-state index in [2.05, 4.69) is 4.98 Å². The van der Waals surface area contributed by atoms with E-state index in [0.29, 0.717) is 0 Å². The molecule has 1 aromatic rings. The summed E-state index contributed by atoms with van der Waals surface area (Å²) in [6.07, 6.45) is 1.77. The van der Waals surface area contributed by atoms with Crippen molar-refractivity contribution in [3.8, 4) is 0 Å². The predicted octanol–water partition coefficient (Wildman–Crippen LogP) is 1.14. The SMILES string of the molecule is CCO.c1cscn1. The van der Waals surface area contributed by atoms with Gasteiger partial charge in [0.15, 0.2) is 0 Å². The van der Waals surface area contributed by atoms with Gasteiger partial charge in [-0.25, -0.2) is 0 Å². The van der Waals surface area contributed by atoms with Crippen LogP contribution in [0.1, 0.15) is 6.92 Å². The first-order chi connectivity index (χ1) is 3.91. The summed E-state index contributed by atoms with van der Waals surface area (Å²) in [7, 11) is 0. The van der Waals surface area contributed by atoms with Gasteiger partial charge >= 0.3 is 0 Å². The zero-order valence-corrected chi connectivity index (χ0v) is 5.56. The van der Waals surface area contributed by atoms with Gasteiger partial charge in [0.1, 0.15) is 0 Å². The van der Waals surface area contributed by atoms with E-state index in [9.17, 15) is 0 Å². The lowest BCUT2D eigenvalue weighted by molar-refractivity contribution is 0.318. The van der Waals surface area contributed by atoms with Gasteiger partial charge in [-0.3, -0.25) is 4.98 Å². The van der Waals surface area contributed by atoms with E-state index in [0.717, 1.165) is 0 Å². The fraction of sp³-hybridized carbons (Fsp3) is 0.400. The first-order valence-corrected chi connectivity index (χ1v) is 3.29. The number of hydrogen-bond acceptors (Lipinski definition) is 3. The molecule has 3 heteroatoms. The van der Waals surface area contributed by atoms with E-state index in [4.69, 9.17) is 5.11 Å². The molecule has 0 atom stereocenters. The third-order valence-corrected chi connectivity index (χ3v) is 0.869. The van der Waals surface area contributed by atoms with Crippen molar-refractivity contribution in [1.82, 2.24) is 4.98 Å². The second kappa shape index (κ2) is 6.59. The number of nitrogens with zero attached hydrogens (tertiary/aromatic N) is 1. The van der Waals surface area contributed by atoms with Crippen LogP contribution in [-0.4, -0.2) is 16.7 Å². The van der Waals surface area contributed by atoms with Crippen LogP contribution in [-0.2, 0) is 0 Å². The molecule has 0 aliphatic heterocycles. The highest BCUT2D eigenvalue weighted by molar-refractivity contribution is 7.07. The third kappa shape index (κ3) is 5.59. The number of hydrogen-bond donors (Lipinski definition) is 1. The molecule has 0 bridgehead atoms. The largest absolute Gasteiger partial charge is 0.397 e. The Hall–Kier alpha value is -0.410. The molecule has 0 aliphatic rings. The van der Waals surface area contributed by atoms with Gasteiger partial charge < -0.3 is 5.11 Å². The Morgan fingerprint density at radius 3 is 2.50 bits per heavy atom. The van der Waals surface area contributed by atoms with Gasteiger partial charge in [0.25, 0.3) is 0 Å². The molecule has 0 aromatic carbocycles. The molecule has 8 heavy (non-hydrogen) atoms. The van der Waals surface area contributed by atoms with Gasteiger partial charge in [-0.1, -0.05) is 0 Å². The molecule has 0 radical (unpaired) electrons. The Morgan fingerprint density at radius 1 is 1.75 bits per heavy atom. The molecule has 1 aromatic heterocycles. The van der Waals surface area contributed by atoms with Gasteiger partial charge in [-0.05, 0) is 6.92 Å². The molecular formula is C5H9NOS. The fourth-order valence-corrected chi connectivity index (χ4v) is 0.527. The molecular weight excluding hydrogens is 122 g/mol. The highest BCUT2D eigenvalue weighted by Crippen LogP contribution is 1.85. The van der Waals surface area contributed by atoms with Crippen molar-refractivity contribution in [2.45, 2.75) is 6.92 Å². The summed E-state index contributed by atoms with van der Waals surface area (Å²) >= 11 is 1.60. The summed E-state index contributed by atoms with van der Waals surface area (Å²) in [4.78, 5) is 3.74. The summed E-state index contributed by atoms with van der Waals surface area (Å²) in [5.74, 6) is 0. The maximum atomic E-state index is 7.57. The normalized spacial score (nSPS) is 7.25. The van der Waals surface area contributed by atoms with Crippen LogP contribution in [0, 0.1) is 0 Å². The first kappa shape index (κ1) is 7.59. The molecule has 0 aliphatic carbocycles. The maximum Gasteiger partial charge on any atom is 0.0791 e. The second-order valence-corrected chi connectivity index (χ2v) is 1.75.